The molecule has 3 heterocycles. The summed E-state index contributed by atoms with van der Waals surface area (Å²) < 4.78 is 21.3. The summed E-state index contributed by atoms with van der Waals surface area (Å²) in [6.07, 6.45) is 4.42. The summed E-state index contributed by atoms with van der Waals surface area (Å²) in [5.41, 5.74) is 1.42. The zero-order chi connectivity index (χ0) is 22.1. The average Bonchev–Trinajstić information content (AvgIpc) is 3.47. The number of fused-ring (bicyclic) bond motifs is 2. The molecular formula is C23H21ClN2O6. The monoisotopic (exact) mass is 456 g/mol. The van der Waals surface area contributed by atoms with Crippen LogP contribution in [0.25, 0.3) is 6.08 Å². The molecule has 0 unspecified atom stereocenters. The highest BCUT2D eigenvalue weighted by Gasteiger charge is 2.27. The number of benzene rings is 2. The molecule has 9 heteroatoms. The van der Waals surface area contributed by atoms with Gasteiger partial charge in [-0.1, -0.05) is 11.6 Å². The van der Waals surface area contributed by atoms with Gasteiger partial charge in [0, 0.05) is 36.8 Å². The molecule has 8 nitrogen and oxygen atoms in total. The Morgan fingerprint density at radius 3 is 2.56 bits per heavy atom. The summed E-state index contributed by atoms with van der Waals surface area (Å²) in [5, 5.41) is 3.38. The number of anilines is 1. The van der Waals surface area contributed by atoms with Crippen LogP contribution < -0.4 is 24.3 Å². The number of hydrogen-bond donors (Lipinski definition) is 1. The zero-order valence-electron chi connectivity index (χ0n) is 17.1. The van der Waals surface area contributed by atoms with E-state index in [2.05, 4.69) is 5.32 Å². The van der Waals surface area contributed by atoms with Crippen LogP contribution in [0.5, 0.6) is 23.0 Å². The second kappa shape index (κ2) is 8.63. The van der Waals surface area contributed by atoms with Crippen molar-refractivity contribution in [1.29, 1.82) is 0 Å². The Morgan fingerprint density at radius 1 is 0.969 bits per heavy atom. The van der Waals surface area contributed by atoms with Gasteiger partial charge in [-0.15, -0.1) is 0 Å². The molecule has 32 heavy (non-hydrogen) atoms. The molecule has 0 spiro atoms. The SMILES string of the molecule is O=C(Nc1ccc2c(c1)OCO2)C1CCN(C(=O)/C=C/c2cc(Cl)c3c(c2)OCO3)CC1. The highest BCUT2D eigenvalue weighted by atomic mass is 35.5. The van der Waals surface area contributed by atoms with Gasteiger partial charge in [0.15, 0.2) is 23.0 Å². The minimum Gasteiger partial charge on any atom is -0.454 e. The Balaban J connectivity index is 1.14. The van der Waals surface area contributed by atoms with Crippen LogP contribution >= 0.6 is 11.6 Å². The van der Waals surface area contributed by atoms with Gasteiger partial charge in [-0.2, -0.15) is 0 Å². The van der Waals surface area contributed by atoms with Crippen molar-refractivity contribution in [3.05, 3.63) is 47.0 Å². The van der Waals surface area contributed by atoms with E-state index in [-0.39, 0.29) is 31.3 Å². The topological polar surface area (TPSA) is 86.3 Å². The molecule has 2 aromatic carbocycles. The van der Waals surface area contributed by atoms with E-state index in [9.17, 15) is 9.59 Å². The summed E-state index contributed by atoms with van der Waals surface area (Å²) in [6, 6.07) is 8.83. The van der Waals surface area contributed by atoms with Crippen molar-refractivity contribution >= 4 is 35.2 Å². The van der Waals surface area contributed by atoms with E-state index in [0.29, 0.717) is 59.6 Å². The molecule has 3 aliphatic heterocycles. The van der Waals surface area contributed by atoms with E-state index in [1.807, 2.05) is 0 Å². The first-order valence-electron chi connectivity index (χ1n) is 10.3. The molecule has 0 aromatic heterocycles. The molecule has 0 saturated carbocycles. The normalized spacial score (nSPS) is 17.1. The number of hydrogen-bond acceptors (Lipinski definition) is 6. The van der Waals surface area contributed by atoms with E-state index >= 15 is 0 Å². The second-order valence-electron chi connectivity index (χ2n) is 7.73. The van der Waals surface area contributed by atoms with Gasteiger partial charge in [0.25, 0.3) is 0 Å². The Bertz CT molecular complexity index is 1090. The summed E-state index contributed by atoms with van der Waals surface area (Å²) in [6.45, 7) is 1.36. The van der Waals surface area contributed by atoms with Gasteiger partial charge in [0.1, 0.15) is 0 Å². The lowest BCUT2D eigenvalue weighted by Gasteiger charge is -2.30. The molecule has 0 aliphatic carbocycles. The highest BCUT2D eigenvalue weighted by Crippen LogP contribution is 2.40. The van der Waals surface area contributed by atoms with Gasteiger partial charge >= 0.3 is 0 Å². The van der Waals surface area contributed by atoms with E-state index in [1.165, 1.54) is 6.08 Å². The first-order valence-corrected chi connectivity index (χ1v) is 10.7. The maximum atomic E-state index is 12.6. The van der Waals surface area contributed by atoms with Gasteiger partial charge in [-0.3, -0.25) is 9.59 Å². The van der Waals surface area contributed by atoms with Crippen LogP contribution in [0.15, 0.2) is 36.4 Å². The number of nitrogens with one attached hydrogen (secondary N) is 1. The third-order valence-electron chi connectivity index (χ3n) is 5.69. The van der Waals surface area contributed by atoms with Gasteiger partial charge < -0.3 is 29.2 Å². The Morgan fingerprint density at radius 2 is 1.72 bits per heavy atom. The van der Waals surface area contributed by atoms with Crippen molar-refractivity contribution in [2.45, 2.75) is 12.8 Å². The van der Waals surface area contributed by atoms with Crippen molar-refractivity contribution < 1.29 is 28.5 Å². The van der Waals surface area contributed by atoms with Crippen LogP contribution in [0.1, 0.15) is 18.4 Å². The zero-order valence-corrected chi connectivity index (χ0v) is 17.9. The fraction of sp³-hybridized carbons (Fsp3) is 0.304. The van der Waals surface area contributed by atoms with E-state index in [1.54, 1.807) is 41.3 Å². The van der Waals surface area contributed by atoms with Crippen LogP contribution in [0, 0.1) is 5.92 Å². The predicted octanol–water partition coefficient (Wildman–Crippen LogP) is 3.69. The van der Waals surface area contributed by atoms with E-state index in [4.69, 9.17) is 30.5 Å². The van der Waals surface area contributed by atoms with Crippen LogP contribution in [0.4, 0.5) is 5.69 Å². The molecule has 0 atom stereocenters. The molecule has 5 rings (SSSR count). The molecule has 0 bridgehead atoms. The summed E-state index contributed by atoms with van der Waals surface area (Å²) >= 11 is 6.18. The van der Waals surface area contributed by atoms with Crippen molar-refractivity contribution in [3.63, 3.8) is 0 Å². The lowest BCUT2D eigenvalue weighted by Crippen LogP contribution is -2.40. The van der Waals surface area contributed by atoms with Crippen molar-refractivity contribution in [3.8, 4) is 23.0 Å². The molecule has 1 N–H and O–H groups in total. The number of likely N-dealkylation sites (tertiary alicyclic amines) is 1. The standard InChI is InChI=1S/C23H21ClN2O6/c24-17-9-14(10-20-22(17)32-13-31-20)1-4-21(27)26-7-5-15(6-8-26)23(28)25-16-2-3-18-19(11-16)30-12-29-18/h1-4,9-11,15H,5-8,12-13H2,(H,25,28)/b4-1+. The minimum atomic E-state index is -0.152. The number of halogens is 1. The Kier molecular flexibility index (Phi) is 5.53. The molecule has 2 aromatic rings. The number of rotatable bonds is 4. The molecule has 2 amide bonds. The summed E-state index contributed by atoms with van der Waals surface area (Å²) in [7, 11) is 0. The number of carbonyl (C=O) groups is 2. The fourth-order valence-corrected chi connectivity index (χ4v) is 4.21. The number of amides is 2. The van der Waals surface area contributed by atoms with Gasteiger partial charge in [0.05, 0.1) is 5.02 Å². The molecule has 0 radical (unpaired) electrons. The smallest absolute Gasteiger partial charge is 0.246 e. The van der Waals surface area contributed by atoms with Gasteiger partial charge in [-0.25, -0.2) is 0 Å². The maximum absolute atomic E-state index is 12.6. The summed E-state index contributed by atoms with van der Waals surface area (Å²) in [5.74, 6) is 2.08. The third-order valence-corrected chi connectivity index (χ3v) is 5.97. The van der Waals surface area contributed by atoms with Crippen molar-refractivity contribution in [1.82, 2.24) is 4.90 Å². The highest BCUT2D eigenvalue weighted by molar-refractivity contribution is 6.32. The lowest BCUT2D eigenvalue weighted by atomic mass is 9.95. The van der Waals surface area contributed by atoms with Crippen LogP contribution in [-0.4, -0.2) is 43.4 Å². The first-order chi connectivity index (χ1) is 15.6. The Labute approximate surface area is 189 Å². The van der Waals surface area contributed by atoms with Crippen LogP contribution in [0.3, 0.4) is 0 Å². The van der Waals surface area contributed by atoms with Gasteiger partial charge in [-0.05, 0) is 48.7 Å². The Hall–Kier alpha value is -3.39. The quantitative estimate of drug-likeness (QED) is 0.706. The third kappa shape index (κ3) is 4.18. The second-order valence-corrected chi connectivity index (χ2v) is 8.13. The molecule has 3 aliphatic rings. The molecule has 1 fully saturated rings. The maximum Gasteiger partial charge on any atom is 0.246 e. The predicted molar refractivity (Wildman–Crippen MR) is 117 cm³/mol. The average molecular weight is 457 g/mol. The fourth-order valence-electron chi connectivity index (χ4n) is 3.94. The molecular weight excluding hydrogens is 436 g/mol. The minimum absolute atomic E-state index is 0.0542. The molecule has 166 valence electrons. The molecule has 1 saturated heterocycles. The number of nitrogens with zero attached hydrogens (tertiary/aromatic N) is 1. The largest absolute Gasteiger partial charge is 0.454 e. The summed E-state index contributed by atoms with van der Waals surface area (Å²) in [4.78, 5) is 27.0. The first kappa shape index (κ1) is 20.5. The number of piperidine rings is 1. The van der Waals surface area contributed by atoms with Crippen molar-refractivity contribution in [2.75, 3.05) is 32.0 Å². The lowest BCUT2D eigenvalue weighted by molar-refractivity contribution is -0.130. The number of ether oxygens (including phenoxy) is 4. The number of carbonyl (C=O) groups excluding carboxylic acids is 2. The van der Waals surface area contributed by atoms with Crippen molar-refractivity contribution in [2.24, 2.45) is 5.92 Å². The van der Waals surface area contributed by atoms with Crippen LogP contribution in [-0.2, 0) is 9.59 Å². The van der Waals surface area contributed by atoms with Gasteiger partial charge in [0.2, 0.25) is 25.4 Å². The van der Waals surface area contributed by atoms with Crippen LogP contribution in [0.2, 0.25) is 5.02 Å². The van der Waals surface area contributed by atoms with E-state index in [0.717, 1.165) is 5.56 Å². The van der Waals surface area contributed by atoms with E-state index < -0.39 is 0 Å².